The van der Waals surface area contributed by atoms with E-state index >= 15 is 0 Å². The first-order valence-electron chi connectivity index (χ1n) is 11.7. The number of aliphatic hydroxyl groups excluding tert-OH is 1. The molecule has 3 amide bonds. The molecule has 0 heterocycles. The van der Waals surface area contributed by atoms with Crippen LogP contribution in [0.5, 0.6) is 0 Å². The predicted molar refractivity (Wildman–Crippen MR) is 119 cm³/mol. The molecule has 2 atom stereocenters. The number of unbranched alkanes of at least 4 members (excludes halogenated alkanes) is 6. The van der Waals surface area contributed by atoms with E-state index in [-0.39, 0.29) is 43.9 Å². The average molecular weight is 460 g/mol. The molecular formula is C22H41N3O7. The van der Waals surface area contributed by atoms with Gasteiger partial charge >= 0.3 is 5.97 Å². The van der Waals surface area contributed by atoms with Crippen molar-refractivity contribution in [2.45, 2.75) is 109 Å². The molecular weight excluding hydrogens is 418 g/mol. The summed E-state index contributed by atoms with van der Waals surface area (Å²) in [5.74, 6) is -2.49. The monoisotopic (exact) mass is 459 g/mol. The van der Waals surface area contributed by atoms with Crippen molar-refractivity contribution in [3.8, 4) is 0 Å². The van der Waals surface area contributed by atoms with Gasteiger partial charge in [0, 0.05) is 25.8 Å². The second kappa shape index (κ2) is 18.4. The van der Waals surface area contributed by atoms with Crippen LogP contribution in [0.1, 0.15) is 90.9 Å². The van der Waals surface area contributed by atoms with Crippen LogP contribution in [0, 0.1) is 0 Å². The summed E-state index contributed by atoms with van der Waals surface area (Å²) in [6.45, 7) is 4.32. The molecule has 0 spiro atoms. The van der Waals surface area contributed by atoms with Gasteiger partial charge in [-0.25, -0.2) is 4.79 Å². The number of carbonyl (C=O) groups excluding carboxylic acids is 3. The summed E-state index contributed by atoms with van der Waals surface area (Å²) in [5, 5.41) is 35.6. The SMILES string of the molecule is CCCCCCCCCC(=O)NC(CCC(=O)NC(CCC(=O)NCC)C(=O)O)C(O)O. The van der Waals surface area contributed by atoms with Gasteiger partial charge < -0.3 is 31.3 Å². The molecule has 0 saturated carbocycles. The lowest BCUT2D eigenvalue weighted by atomic mass is 10.1. The number of aliphatic hydroxyl groups is 2. The molecule has 0 aromatic carbocycles. The Labute approximate surface area is 190 Å². The summed E-state index contributed by atoms with van der Waals surface area (Å²) in [6.07, 6.45) is 5.48. The molecule has 0 aromatic rings. The van der Waals surface area contributed by atoms with Crippen molar-refractivity contribution in [3.63, 3.8) is 0 Å². The van der Waals surface area contributed by atoms with Crippen LogP contribution < -0.4 is 16.0 Å². The molecule has 0 aliphatic carbocycles. The zero-order valence-corrected chi connectivity index (χ0v) is 19.4. The number of hydrogen-bond acceptors (Lipinski definition) is 6. The Kier molecular flexibility index (Phi) is 17.1. The van der Waals surface area contributed by atoms with Gasteiger partial charge in [-0.05, 0) is 26.2 Å². The van der Waals surface area contributed by atoms with Gasteiger partial charge in [0.2, 0.25) is 17.7 Å². The molecule has 2 unspecified atom stereocenters. The highest BCUT2D eigenvalue weighted by atomic mass is 16.5. The third-order valence-corrected chi connectivity index (χ3v) is 5.06. The number of carboxylic acid groups (broad SMARTS) is 1. The van der Waals surface area contributed by atoms with Crippen LogP contribution in [0.2, 0.25) is 0 Å². The van der Waals surface area contributed by atoms with Crippen LogP contribution in [0.15, 0.2) is 0 Å². The van der Waals surface area contributed by atoms with E-state index < -0.39 is 30.3 Å². The van der Waals surface area contributed by atoms with E-state index in [9.17, 15) is 34.5 Å². The summed E-state index contributed by atoms with van der Waals surface area (Å²) in [5.41, 5.74) is 0. The van der Waals surface area contributed by atoms with Crippen molar-refractivity contribution in [1.29, 1.82) is 0 Å². The summed E-state index contributed by atoms with van der Waals surface area (Å²) in [6, 6.07) is -2.26. The standard InChI is InChI=1S/C22H41N3O7/c1-3-5-6-7-8-9-10-11-19(27)24-17(22(31)32)13-15-20(28)25-16(21(29)30)12-14-18(26)23-4-2/h16-17,22,31-32H,3-15H2,1-2H3,(H,23,26)(H,24,27)(H,25,28)(H,29,30). The first kappa shape index (κ1) is 29.8. The molecule has 0 aliphatic heterocycles. The van der Waals surface area contributed by atoms with Crippen molar-refractivity contribution in [2.75, 3.05) is 6.54 Å². The fourth-order valence-electron chi connectivity index (χ4n) is 3.19. The van der Waals surface area contributed by atoms with E-state index in [4.69, 9.17) is 0 Å². The first-order valence-corrected chi connectivity index (χ1v) is 11.7. The minimum absolute atomic E-state index is 0.0439. The highest BCUT2D eigenvalue weighted by Gasteiger charge is 2.24. The van der Waals surface area contributed by atoms with E-state index in [0.29, 0.717) is 13.0 Å². The Balaban J connectivity index is 4.34. The van der Waals surface area contributed by atoms with E-state index in [2.05, 4.69) is 22.9 Å². The molecule has 0 bridgehead atoms. The van der Waals surface area contributed by atoms with Crippen molar-refractivity contribution in [1.82, 2.24) is 16.0 Å². The number of carbonyl (C=O) groups is 4. The summed E-state index contributed by atoms with van der Waals surface area (Å²) >= 11 is 0. The van der Waals surface area contributed by atoms with Crippen LogP contribution in [0.3, 0.4) is 0 Å². The van der Waals surface area contributed by atoms with Crippen LogP contribution in [0.25, 0.3) is 0 Å². The van der Waals surface area contributed by atoms with Crippen LogP contribution in [0.4, 0.5) is 0 Å². The lowest BCUT2D eigenvalue weighted by Gasteiger charge is -2.21. The Morgan fingerprint density at radius 2 is 1.28 bits per heavy atom. The summed E-state index contributed by atoms with van der Waals surface area (Å²) in [4.78, 5) is 47.0. The van der Waals surface area contributed by atoms with Gasteiger partial charge in [-0.2, -0.15) is 0 Å². The number of nitrogens with one attached hydrogen (secondary N) is 3. The first-order chi connectivity index (χ1) is 15.2. The lowest BCUT2D eigenvalue weighted by Crippen LogP contribution is -2.45. The number of aliphatic carboxylic acids is 1. The molecule has 0 rings (SSSR count). The van der Waals surface area contributed by atoms with Gasteiger partial charge in [0.25, 0.3) is 0 Å². The summed E-state index contributed by atoms with van der Waals surface area (Å²) in [7, 11) is 0. The molecule has 32 heavy (non-hydrogen) atoms. The number of carboxylic acids is 1. The lowest BCUT2D eigenvalue weighted by molar-refractivity contribution is -0.142. The largest absolute Gasteiger partial charge is 0.480 e. The molecule has 0 saturated heterocycles. The Hall–Kier alpha value is -2.20. The van der Waals surface area contributed by atoms with Gasteiger partial charge in [0.15, 0.2) is 6.29 Å². The van der Waals surface area contributed by atoms with Gasteiger partial charge in [-0.1, -0.05) is 45.4 Å². The minimum Gasteiger partial charge on any atom is -0.480 e. The van der Waals surface area contributed by atoms with Crippen molar-refractivity contribution < 1.29 is 34.5 Å². The van der Waals surface area contributed by atoms with Crippen LogP contribution in [-0.2, 0) is 19.2 Å². The topological polar surface area (TPSA) is 165 Å². The molecule has 10 nitrogen and oxygen atoms in total. The predicted octanol–water partition coefficient (Wildman–Crippen LogP) is 1.19. The molecule has 186 valence electrons. The number of rotatable bonds is 19. The highest BCUT2D eigenvalue weighted by Crippen LogP contribution is 2.09. The Bertz CT molecular complexity index is 570. The zero-order chi connectivity index (χ0) is 24.4. The van der Waals surface area contributed by atoms with Crippen LogP contribution >= 0.6 is 0 Å². The molecule has 0 fully saturated rings. The van der Waals surface area contributed by atoms with Gasteiger partial charge in [-0.3, -0.25) is 14.4 Å². The number of hydrogen-bond donors (Lipinski definition) is 6. The maximum atomic E-state index is 12.1. The Morgan fingerprint density at radius 1 is 0.719 bits per heavy atom. The summed E-state index contributed by atoms with van der Waals surface area (Å²) < 4.78 is 0. The normalized spacial score (nSPS) is 12.8. The number of amides is 3. The third-order valence-electron chi connectivity index (χ3n) is 5.06. The van der Waals surface area contributed by atoms with Crippen LogP contribution in [-0.4, -0.2) is 63.9 Å². The van der Waals surface area contributed by atoms with Crippen molar-refractivity contribution >= 4 is 23.7 Å². The van der Waals surface area contributed by atoms with E-state index in [1.165, 1.54) is 19.3 Å². The molecule has 0 radical (unpaired) electrons. The highest BCUT2D eigenvalue weighted by molar-refractivity contribution is 5.84. The quantitative estimate of drug-likeness (QED) is 0.125. The van der Waals surface area contributed by atoms with E-state index in [0.717, 1.165) is 19.3 Å². The van der Waals surface area contributed by atoms with Gasteiger partial charge in [0.1, 0.15) is 6.04 Å². The second-order valence-electron chi connectivity index (χ2n) is 7.95. The van der Waals surface area contributed by atoms with Gasteiger partial charge in [-0.15, -0.1) is 0 Å². The maximum absolute atomic E-state index is 12.1. The zero-order valence-electron chi connectivity index (χ0n) is 19.4. The van der Waals surface area contributed by atoms with E-state index in [1.807, 2.05) is 0 Å². The maximum Gasteiger partial charge on any atom is 0.326 e. The van der Waals surface area contributed by atoms with E-state index in [1.54, 1.807) is 6.92 Å². The second-order valence-corrected chi connectivity index (χ2v) is 7.95. The Morgan fingerprint density at radius 3 is 1.84 bits per heavy atom. The van der Waals surface area contributed by atoms with Gasteiger partial charge in [0.05, 0.1) is 6.04 Å². The fraction of sp³-hybridized carbons (Fsp3) is 0.818. The molecule has 6 N–H and O–H groups in total. The third kappa shape index (κ3) is 15.6. The van der Waals surface area contributed by atoms with Crippen molar-refractivity contribution in [2.24, 2.45) is 0 Å². The smallest absolute Gasteiger partial charge is 0.326 e. The fourth-order valence-corrected chi connectivity index (χ4v) is 3.19. The molecule has 10 heteroatoms. The molecule has 0 aromatic heterocycles. The molecule has 0 aliphatic rings. The minimum atomic E-state index is -1.84. The average Bonchev–Trinajstić information content (AvgIpc) is 2.73. The van der Waals surface area contributed by atoms with Crippen molar-refractivity contribution in [3.05, 3.63) is 0 Å².